The lowest BCUT2D eigenvalue weighted by Gasteiger charge is -2.09. The average Bonchev–Trinajstić information content (AvgIpc) is 2.24. The Morgan fingerprint density at radius 2 is 2.12 bits per heavy atom. The van der Waals surface area contributed by atoms with Crippen molar-refractivity contribution in [2.24, 2.45) is 5.73 Å². The van der Waals surface area contributed by atoms with Gasteiger partial charge in [0.25, 0.3) is 0 Å². The van der Waals surface area contributed by atoms with E-state index in [0.717, 1.165) is 25.2 Å². The Bertz CT molecular complexity index is 300. The van der Waals surface area contributed by atoms with Crippen LogP contribution in [0.1, 0.15) is 18.9 Å². The van der Waals surface area contributed by atoms with Crippen LogP contribution < -0.4 is 10.5 Å². The molecule has 0 bridgehead atoms. The number of hydrogen-bond donors (Lipinski definition) is 1. The summed E-state index contributed by atoms with van der Waals surface area (Å²) < 4.78 is 10.6. The summed E-state index contributed by atoms with van der Waals surface area (Å²) in [7, 11) is 1.70. The molecule has 3 heteroatoms. The van der Waals surface area contributed by atoms with Gasteiger partial charge in [-0.05, 0) is 31.0 Å². The van der Waals surface area contributed by atoms with Gasteiger partial charge in [0.2, 0.25) is 0 Å². The highest BCUT2D eigenvalue weighted by Crippen LogP contribution is 2.14. The zero-order valence-corrected chi connectivity index (χ0v) is 10.1. The average molecular weight is 223 g/mol. The highest BCUT2D eigenvalue weighted by atomic mass is 16.5. The van der Waals surface area contributed by atoms with Gasteiger partial charge in [0, 0.05) is 26.2 Å². The maximum atomic E-state index is 5.76. The minimum Gasteiger partial charge on any atom is -0.493 e. The van der Waals surface area contributed by atoms with Crippen LogP contribution in [0.5, 0.6) is 5.75 Å². The number of methoxy groups -OCH3 is 1. The second-order valence-corrected chi connectivity index (χ2v) is 4.02. The van der Waals surface area contributed by atoms with Gasteiger partial charge in [-0.25, -0.2) is 0 Å². The third-order valence-corrected chi connectivity index (χ3v) is 2.22. The van der Waals surface area contributed by atoms with Gasteiger partial charge in [-0.2, -0.15) is 0 Å². The zero-order chi connectivity index (χ0) is 11.8. The van der Waals surface area contributed by atoms with Crippen molar-refractivity contribution in [1.82, 2.24) is 0 Å². The van der Waals surface area contributed by atoms with E-state index in [1.165, 1.54) is 5.56 Å². The Balaban J connectivity index is 2.41. The van der Waals surface area contributed by atoms with E-state index in [9.17, 15) is 0 Å². The normalized spacial score (nSPS) is 12.4. The largest absolute Gasteiger partial charge is 0.493 e. The van der Waals surface area contributed by atoms with E-state index in [-0.39, 0.29) is 6.04 Å². The molecule has 0 saturated carbocycles. The molecule has 0 aliphatic heterocycles. The van der Waals surface area contributed by atoms with E-state index in [0.29, 0.717) is 6.61 Å². The van der Waals surface area contributed by atoms with Crippen LogP contribution in [0.4, 0.5) is 0 Å². The molecule has 1 rings (SSSR count). The van der Waals surface area contributed by atoms with Crippen LogP contribution in [-0.2, 0) is 11.2 Å². The molecule has 0 heterocycles. The van der Waals surface area contributed by atoms with E-state index >= 15 is 0 Å². The first kappa shape index (κ1) is 13.0. The fraction of sp³-hybridized carbons (Fsp3) is 0.538. The van der Waals surface area contributed by atoms with Crippen molar-refractivity contribution in [1.29, 1.82) is 0 Å². The highest BCUT2D eigenvalue weighted by molar-refractivity contribution is 5.28. The lowest BCUT2D eigenvalue weighted by molar-refractivity contribution is 0.172. The van der Waals surface area contributed by atoms with Crippen molar-refractivity contribution in [2.75, 3.05) is 20.3 Å². The van der Waals surface area contributed by atoms with E-state index in [4.69, 9.17) is 15.2 Å². The SMILES string of the molecule is COCCCOc1cccc(CC(C)N)c1. The summed E-state index contributed by atoms with van der Waals surface area (Å²) >= 11 is 0. The monoisotopic (exact) mass is 223 g/mol. The van der Waals surface area contributed by atoms with E-state index in [1.807, 2.05) is 19.1 Å². The highest BCUT2D eigenvalue weighted by Gasteiger charge is 2.00. The molecular formula is C13H21NO2. The second-order valence-electron chi connectivity index (χ2n) is 4.02. The summed E-state index contributed by atoms with van der Waals surface area (Å²) in [6, 6.07) is 8.28. The fourth-order valence-corrected chi connectivity index (χ4v) is 1.53. The van der Waals surface area contributed by atoms with Crippen LogP contribution in [0, 0.1) is 0 Å². The Labute approximate surface area is 97.6 Å². The smallest absolute Gasteiger partial charge is 0.119 e. The Morgan fingerprint density at radius 1 is 1.31 bits per heavy atom. The quantitative estimate of drug-likeness (QED) is 0.719. The van der Waals surface area contributed by atoms with Gasteiger partial charge in [0.1, 0.15) is 5.75 Å². The minimum atomic E-state index is 0.184. The van der Waals surface area contributed by atoms with Gasteiger partial charge in [-0.15, -0.1) is 0 Å². The predicted molar refractivity (Wildman–Crippen MR) is 65.8 cm³/mol. The first-order valence-electron chi connectivity index (χ1n) is 5.68. The Kier molecular flexibility index (Phi) is 5.90. The van der Waals surface area contributed by atoms with Gasteiger partial charge in [-0.3, -0.25) is 0 Å². The summed E-state index contributed by atoms with van der Waals surface area (Å²) in [5, 5.41) is 0. The zero-order valence-electron chi connectivity index (χ0n) is 10.1. The van der Waals surface area contributed by atoms with Crippen molar-refractivity contribution in [2.45, 2.75) is 25.8 Å². The van der Waals surface area contributed by atoms with Crippen LogP contribution in [-0.4, -0.2) is 26.4 Å². The third kappa shape index (κ3) is 5.14. The fourth-order valence-electron chi connectivity index (χ4n) is 1.53. The first-order chi connectivity index (χ1) is 7.72. The number of benzene rings is 1. The molecule has 1 atom stereocenters. The van der Waals surface area contributed by atoms with E-state index in [1.54, 1.807) is 7.11 Å². The van der Waals surface area contributed by atoms with Crippen molar-refractivity contribution in [3.63, 3.8) is 0 Å². The summed E-state index contributed by atoms with van der Waals surface area (Å²) in [4.78, 5) is 0. The van der Waals surface area contributed by atoms with Crippen LogP contribution in [0.2, 0.25) is 0 Å². The molecular weight excluding hydrogens is 202 g/mol. The van der Waals surface area contributed by atoms with Gasteiger partial charge in [0.15, 0.2) is 0 Å². The summed E-state index contributed by atoms with van der Waals surface area (Å²) in [5.41, 5.74) is 6.98. The maximum Gasteiger partial charge on any atom is 0.119 e. The second kappa shape index (κ2) is 7.25. The molecule has 16 heavy (non-hydrogen) atoms. The van der Waals surface area contributed by atoms with E-state index < -0.39 is 0 Å². The molecule has 0 fully saturated rings. The van der Waals surface area contributed by atoms with Gasteiger partial charge >= 0.3 is 0 Å². The lowest BCUT2D eigenvalue weighted by atomic mass is 10.1. The Hall–Kier alpha value is -1.06. The number of rotatable bonds is 7. The molecule has 0 aliphatic carbocycles. The minimum absolute atomic E-state index is 0.184. The van der Waals surface area contributed by atoms with Crippen LogP contribution in [0.25, 0.3) is 0 Å². The lowest BCUT2D eigenvalue weighted by Crippen LogP contribution is -2.17. The molecule has 1 aromatic carbocycles. The molecule has 90 valence electrons. The summed E-state index contributed by atoms with van der Waals surface area (Å²) in [6.45, 7) is 3.43. The number of ether oxygens (including phenoxy) is 2. The Morgan fingerprint density at radius 3 is 2.81 bits per heavy atom. The van der Waals surface area contributed by atoms with Crippen molar-refractivity contribution >= 4 is 0 Å². The number of nitrogens with two attached hydrogens (primary N) is 1. The standard InChI is InChI=1S/C13H21NO2/c1-11(14)9-12-5-3-6-13(10-12)16-8-4-7-15-2/h3,5-6,10-11H,4,7-9,14H2,1-2H3. The molecule has 1 aromatic rings. The molecule has 0 aromatic heterocycles. The molecule has 0 saturated heterocycles. The third-order valence-electron chi connectivity index (χ3n) is 2.22. The van der Waals surface area contributed by atoms with Crippen molar-refractivity contribution < 1.29 is 9.47 Å². The summed E-state index contributed by atoms with van der Waals surface area (Å²) in [5.74, 6) is 0.911. The van der Waals surface area contributed by atoms with Crippen molar-refractivity contribution in [3.05, 3.63) is 29.8 Å². The molecule has 2 N–H and O–H groups in total. The number of hydrogen-bond acceptors (Lipinski definition) is 3. The molecule has 3 nitrogen and oxygen atoms in total. The first-order valence-corrected chi connectivity index (χ1v) is 5.68. The predicted octanol–water partition coefficient (Wildman–Crippen LogP) is 1.99. The van der Waals surface area contributed by atoms with Crippen LogP contribution in [0.3, 0.4) is 0 Å². The molecule has 0 amide bonds. The van der Waals surface area contributed by atoms with Crippen LogP contribution in [0.15, 0.2) is 24.3 Å². The molecule has 0 spiro atoms. The van der Waals surface area contributed by atoms with Crippen molar-refractivity contribution in [3.8, 4) is 5.75 Å². The summed E-state index contributed by atoms with van der Waals surface area (Å²) in [6.07, 6.45) is 1.79. The molecule has 0 aliphatic rings. The van der Waals surface area contributed by atoms with Gasteiger partial charge < -0.3 is 15.2 Å². The van der Waals surface area contributed by atoms with E-state index in [2.05, 4.69) is 12.1 Å². The van der Waals surface area contributed by atoms with Gasteiger partial charge in [-0.1, -0.05) is 12.1 Å². The maximum absolute atomic E-state index is 5.76. The topological polar surface area (TPSA) is 44.5 Å². The molecule has 0 radical (unpaired) electrons. The van der Waals surface area contributed by atoms with Gasteiger partial charge in [0.05, 0.1) is 6.61 Å². The van der Waals surface area contributed by atoms with Crippen LogP contribution >= 0.6 is 0 Å². The molecule has 1 unspecified atom stereocenters.